The fourth-order valence-corrected chi connectivity index (χ4v) is 5.57. The molecule has 2 saturated heterocycles. The Labute approximate surface area is 174 Å². The Morgan fingerprint density at radius 1 is 0.966 bits per heavy atom. The monoisotopic (exact) mass is 401 g/mol. The number of carbonyl (C=O) groups excluding carboxylic acids is 1. The van der Waals surface area contributed by atoms with Crippen LogP contribution in [0.25, 0.3) is 0 Å². The Kier molecular flexibility index (Phi) is 6.86. The molecule has 3 fully saturated rings. The van der Waals surface area contributed by atoms with Crippen LogP contribution in [0, 0.1) is 5.82 Å². The summed E-state index contributed by atoms with van der Waals surface area (Å²) in [6.45, 7) is 4.64. The van der Waals surface area contributed by atoms with Crippen LogP contribution < -0.4 is 5.32 Å². The first-order valence-electron chi connectivity index (χ1n) is 11.7. The molecule has 3 aliphatic rings. The van der Waals surface area contributed by atoms with Gasteiger partial charge in [0.1, 0.15) is 11.4 Å². The van der Waals surface area contributed by atoms with Crippen molar-refractivity contribution in [2.45, 2.75) is 82.3 Å². The summed E-state index contributed by atoms with van der Waals surface area (Å²) in [5.74, 6) is 0.162. The van der Waals surface area contributed by atoms with E-state index in [1.165, 1.54) is 44.6 Å². The second-order valence-electron chi connectivity index (χ2n) is 9.26. The molecular formula is C24H36FN3O. The summed E-state index contributed by atoms with van der Waals surface area (Å²) < 4.78 is 13.9. The number of nitrogens with zero attached hydrogens (tertiary/aromatic N) is 2. The van der Waals surface area contributed by atoms with Gasteiger partial charge in [-0.3, -0.25) is 14.6 Å². The molecule has 4 rings (SSSR count). The molecule has 1 aliphatic carbocycles. The molecule has 0 bridgehead atoms. The minimum absolute atomic E-state index is 0.122. The number of rotatable bonds is 5. The highest BCUT2D eigenvalue weighted by Crippen LogP contribution is 2.36. The summed E-state index contributed by atoms with van der Waals surface area (Å²) >= 11 is 0. The number of hydrogen-bond acceptors (Lipinski definition) is 3. The van der Waals surface area contributed by atoms with Gasteiger partial charge in [0.05, 0.1) is 0 Å². The van der Waals surface area contributed by atoms with Gasteiger partial charge in [0, 0.05) is 31.2 Å². The molecule has 0 spiro atoms. The van der Waals surface area contributed by atoms with Gasteiger partial charge in [0.25, 0.3) is 0 Å². The number of hydrogen-bond donors (Lipinski definition) is 1. The zero-order valence-corrected chi connectivity index (χ0v) is 17.7. The Morgan fingerprint density at radius 2 is 1.62 bits per heavy atom. The van der Waals surface area contributed by atoms with Gasteiger partial charge in [-0.2, -0.15) is 0 Å². The third-order valence-electron chi connectivity index (χ3n) is 7.34. The molecule has 1 saturated carbocycles. The Bertz CT molecular complexity index is 674. The number of likely N-dealkylation sites (tertiary alicyclic amines) is 2. The maximum Gasteiger partial charge on any atom is 0.240 e. The van der Waals surface area contributed by atoms with Gasteiger partial charge in [-0.1, -0.05) is 43.9 Å². The largest absolute Gasteiger partial charge is 0.352 e. The molecule has 4 nitrogen and oxygen atoms in total. The minimum Gasteiger partial charge on any atom is -0.352 e. The van der Waals surface area contributed by atoms with Crippen LogP contribution in [-0.2, 0) is 11.3 Å². The molecule has 5 heteroatoms. The van der Waals surface area contributed by atoms with Gasteiger partial charge in [-0.05, 0) is 57.7 Å². The van der Waals surface area contributed by atoms with Crippen molar-refractivity contribution in [1.29, 1.82) is 0 Å². The van der Waals surface area contributed by atoms with Gasteiger partial charge in [-0.25, -0.2) is 4.39 Å². The van der Waals surface area contributed by atoms with Crippen LogP contribution in [0.3, 0.4) is 0 Å². The second kappa shape index (κ2) is 9.57. The predicted molar refractivity (Wildman–Crippen MR) is 114 cm³/mol. The third-order valence-corrected chi connectivity index (χ3v) is 7.34. The van der Waals surface area contributed by atoms with Gasteiger partial charge in [-0.15, -0.1) is 0 Å². The third kappa shape index (κ3) is 4.83. The van der Waals surface area contributed by atoms with Gasteiger partial charge in [0.2, 0.25) is 5.91 Å². The van der Waals surface area contributed by atoms with E-state index in [0.717, 1.165) is 57.4 Å². The SMILES string of the molecule is O=C(NC1CCN(Cc2ccccc2F)CC1)C1(N2CCCCC2)CCCCC1. The molecule has 1 aromatic rings. The number of carbonyl (C=O) groups is 1. The van der Waals surface area contributed by atoms with Crippen molar-refractivity contribution in [3.05, 3.63) is 35.6 Å². The molecule has 0 unspecified atom stereocenters. The van der Waals surface area contributed by atoms with Crippen molar-refractivity contribution in [2.24, 2.45) is 0 Å². The number of nitrogens with one attached hydrogen (secondary N) is 1. The highest BCUT2D eigenvalue weighted by molar-refractivity contribution is 5.86. The molecular weight excluding hydrogens is 365 g/mol. The number of piperidine rings is 2. The lowest BCUT2D eigenvalue weighted by molar-refractivity contribution is -0.138. The molecule has 0 atom stereocenters. The lowest BCUT2D eigenvalue weighted by Crippen LogP contribution is -2.62. The topological polar surface area (TPSA) is 35.6 Å². The van der Waals surface area contributed by atoms with Crippen LogP contribution >= 0.6 is 0 Å². The number of amides is 1. The molecule has 1 N–H and O–H groups in total. The van der Waals surface area contributed by atoms with E-state index < -0.39 is 0 Å². The van der Waals surface area contributed by atoms with Crippen molar-refractivity contribution < 1.29 is 9.18 Å². The molecule has 0 radical (unpaired) electrons. The fraction of sp³-hybridized carbons (Fsp3) is 0.708. The van der Waals surface area contributed by atoms with E-state index in [1.54, 1.807) is 6.07 Å². The van der Waals surface area contributed by atoms with Crippen LogP contribution in [0.1, 0.15) is 69.8 Å². The summed E-state index contributed by atoms with van der Waals surface area (Å²) in [5, 5.41) is 3.44. The first kappa shape index (κ1) is 20.8. The molecule has 29 heavy (non-hydrogen) atoms. The highest BCUT2D eigenvalue weighted by Gasteiger charge is 2.45. The van der Waals surface area contributed by atoms with Gasteiger partial charge in [0.15, 0.2) is 0 Å². The Balaban J connectivity index is 1.33. The van der Waals surface area contributed by atoms with Crippen LogP contribution in [-0.4, -0.2) is 53.5 Å². The molecule has 0 aromatic heterocycles. The fourth-order valence-electron chi connectivity index (χ4n) is 5.57. The van der Waals surface area contributed by atoms with E-state index in [9.17, 15) is 9.18 Å². The summed E-state index contributed by atoms with van der Waals surface area (Å²) in [7, 11) is 0. The smallest absolute Gasteiger partial charge is 0.240 e. The van der Waals surface area contributed by atoms with Crippen LogP contribution in [0.15, 0.2) is 24.3 Å². The van der Waals surface area contributed by atoms with Crippen molar-refractivity contribution in [2.75, 3.05) is 26.2 Å². The van der Waals surface area contributed by atoms with Crippen molar-refractivity contribution in [1.82, 2.24) is 15.1 Å². The second-order valence-corrected chi connectivity index (χ2v) is 9.26. The molecule has 1 aromatic carbocycles. The zero-order valence-electron chi connectivity index (χ0n) is 17.7. The number of halogens is 1. The lowest BCUT2D eigenvalue weighted by Gasteiger charge is -2.47. The molecule has 160 valence electrons. The summed E-state index contributed by atoms with van der Waals surface area (Å²) in [4.78, 5) is 18.3. The average Bonchev–Trinajstić information content (AvgIpc) is 2.78. The number of benzene rings is 1. The van der Waals surface area contributed by atoms with Crippen LogP contribution in [0.5, 0.6) is 0 Å². The van der Waals surface area contributed by atoms with E-state index in [0.29, 0.717) is 6.54 Å². The van der Waals surface area contributed by atoms with E-state index >= 15 is 0 Å². The predicted octanol–water partition coefficient (Wildman–Crippen LogP) is 4.10. The van der Waals surface area contributed by atoms with Crippen LogP contribution in [0.4, 0.5) is 4.39 Å². The maximum atomic E-state index is 13.9. The Morgan fingerprint density at radius 3 is 2.31 bits per heavy atom. The summed E-state index contributed by atoms with van der Waals surface area (Å²) in [5.41, 5.74) is 0.504. The average molecular weight is 402 g/mol. The molecule has 2 aliphatic heterocycles. The van der Waals surface area contributed by atoms with Gasteiger partial charge < -0.3 is 5.32 Å². The van der Waals surface area contributed by atoms with Gasteiger partial charge >= 0.3 is 0 Å². The first-order chi connectivity index (χ1) is 14.2. The molecule has 1 amide bonds. The van der Waals surface area contributed by atoms with Crippen molar-refractivity contribution in [3.63, 3.8) is 0 Å². The quantitative estimate of drug-likeness (QED) is 0.807. The maximum absolute atomic E-state index is 13.9. The lowest BCUT2D eigenvalue weighted by atomic mass is 9.78. The summed E-state index contributed by atoms with van der Waals surface area (Å²) in [6, 6.07) is 7.30. The molecule has 2 heterocycles. The van der Waals surface area contributed by atoms with Crippen LogP contribution in [0.2, 0.25) is 0 Å². The summed E-state index contributed by atoms with van der Waals surface area (Å²) in [6.07, 6.45) is 11.3. The first-order valence-corrected chi connectivity index (χ1v) is 11.7. The van der Waals surface area contributed by atoms with E-state index in [1.807, 2.05) is 12.1 Å². The Hall–Kier alpha value is -1.46. The highest BCUT2D eigenvalue weighted by atomic mass is 19.1. The van der Waals surface area contributed by atoms with Crippen molar-refractivity contribution in [3.8, 4) is 0 Å². The van der Waals surface area contributed by atoms with Crippen molar-refractivity contribution >= 4 is 5.91 Å². The van der Waals surface area contributed by atoms with E-state index in [2.05, 4.69) is 15.1 Å². The minimum atomic E-state index is -0.261. The normalized spacial score (nSPS) is 24.3. The zero-order chi connectivity index (χ0) is 20.1. The van der Waals surface area contributed by atoms with E-state index in [4.69, 9.17) is 0 Å². The van der Waals surface area contributed by atoms with E-state index in [-0.39, 0.29) is 23.3 Å². The standard InChI is InChI=1S/C24H36FN3O/c25-22-10-4-3-9-20(22)19-27-17-11-21(12-18-27)26-23(29)24(13-5-1-6-14-24)28-15-7-2-8-16-28/h3-4,9-10,21H,1-2,5-8,11-19H2,(H,26,29).